The number of H-pyrrole nitrogens is 1. The molecule has 0 bridgehead atoms. The largest absolute Gasteiger partial charge is 0.497 e. The van der Waals surface area contributed by atoms with Gasteiger partial charge in [-0.05, 0) is 55.5 Å². The minimum absolute atomic E-state index is 0.0730. The molecule has 0 saturated heterocycles. The van der Waals surface area contributed by atoms with E-state index in [0.717, 1.165) is 10.8 Å². The number of carbonyl (C=O) groups is 1. The van der Waals surface area contributed by atoms with Crippen molar-refractivity contribution in [3.8, 4) is 17.3 Å². The maximum atomic E-state index is 12.2. The Hall–Kier alpha value is -3.94. The van der Waals surface area contributed by atoms with E-state index in [1.54, 1.807) is 48.5 Å². The number of aromatic amines is 1. The highest BCUT2D eigenvalue weighted by Gasteiger charge is 2.14. The van der Waals surface area contributed by atoms with Crippen LogP contribution in [0.3, 0.4) is 0 Å². The van der Waals surface area contributed by atoms with Gasteiger partial charge in [0.2, 0.25) is 5.88 Å². The van der Waals surface area contributed by atoms with Gasteiger partial charge >= 0.3 is 5.69 Å². The second-order valence-corrected chi connectivity index (χ2v) is 5.89. The van der Waals surface area contributed by atoms with Crippen LogP contribution in [0.2, 0.25) is 0 Å². The van der Waals surface area contributed by atoms with Gasteiger partial charge in [0, 0.05) is 11.8 Å². The molecule has 0 radical (unpaired) electrons. The van der Waals surface area contributed by atoms with Crippen LogP contribution in [-0.2, 0) is 0 Å². The molecular weight excluding hydrogens is 362 g/mol. The van der Waals surface area contributed by atoms with Crippen LogP contribution in [0.4, 0.5) is 5.69 Å². The molecule has 2 N–H and O–H groups in total. The average Bonchev–Trinajstić information content (AvgIpc) is 2.68. The number of hydrogen-bond acceptors (Lipinski definition) is 6. The van der Waals surface area contributed by atoms with Crippen LogP contribution in [0.15, 0.2) is 63.1 Å². The number of nitrogens with one attached hydrogen (secondary N) is 1. The zero-order chi connectivity index (χ0) is 20.3. The number of carbonyl (C=O) groups excluding carboxylic acids is 1. The Morgan fingerprint density at radius 3 is 2.32 bits per heavy atom. The molecule has 0 saturated carbocycles. The fourth-order valence-electron chi connectivity index (χ4n) is 2.55. The summed E-state index contributed by atoms with van der Waals surface area (Å²) in [6.45, 7) is 1.46. The molecule has 0 aliphatic heterocycles. The molecule has 0 aliphatic carbocycles. The number of benzene rings is 2. The van der Waals surface area contributed by atoms with Crippen LogP contribution < -0.4 is 16.0 Å². The molecule has 2 aromatic carbocycles. The molecule has 0 atom stereocenters. The Morgan fingerprint density at radius 2 is 1.75 bits per heavy atom. The topological polar surface area (TPSA) is 114 Å². The minimum atomic E-state index is -0.782. The number of Topliss-reactive ketones (excluding diaryl/α,β-unsaturated/α-hetero) is 1. The van der Waals surface area contributed by atoms with Crippen LogP contribution in [-0.4, -0.2) is 33.8 Å². The molecule has 0 aliphatic rings. The summed E-state index contributed by atoms with van der Waals surface area (Å²) in [6, 6.07) is 12.8. The molecule has 3 aromatic rings. The lowest BCUT2D eigenvalue weighted by molar-refractivity contribution is 0.101. The van der Waals surface area contributed by atoms with Crippen LogP contribution in [0.25, 0.3) is 5.69 Å². The molecule has 0 amide bonds. The molecule has 0 unspecified atom stereocenters. The van der Waals surface area contributed by atoms with E-state index in [4.69, 9.17) is 4.74 Å². The summed E-state index contributed by atoms with van der Waals surface area (Å²) in [5.74, 6) is -0.0317. The van der Waals surface area contributed by atoms with E-state index in [-0.39, 0.29) is 11.3 Å². The van der Waals surface area contributed by atoms with Crippen molar-refractivity contribution in [2.45, 2.75) is 6.92 Å². The summed E-state index contributed by atoms with van der Waals surface area (Å²) >= 11 is 0. The number of methoxy groups -OCH3 is 1. The number of ether oxygens (including phenoxy) is 1. The summed E-state index contributed by atoms with van der Waals surface area (Å²) < 4.78 is 6.03. The second kappa shape index (κ2) is 7.75. The predicted octanol–water partition coefficient (Wildman–Crippen LogP) is 2.19. The average molecular weight is 379 g/mol. The lowest BCUT2D eigenvalue weighted by Crippen LogP contribution is -2.31. The molecule has 1 aromatic heterocycles. The first-order valence-electron chi connectivity index (χ1n) is 8.28. The Labute approximate surface area is 159 Å². The third-order valence-electron chi connectivity index (χ3n) is 4.07. The van der Waals surface area contributed by atoms with Crippen molar-refractivity contribution < 1.29 is 14.6 Å². The van der Waals surface area contributed by atoms with Gasteiger partial charge in [-0.1, -0.05) is 0 Å². The zero-order valence-corrected chi connectivity index (χ0v) is 15.2. The maximum absolute atomic E-state index is 12.2. The molecule has 8 heteroatoms. The molecule has 8 nitrogen and oxygen atoms in total. The number of ketones is 1. The summed E-state index contributed by atoms with van der Waals surface area (Å²) in [7, 11) is 1.51. The fourth-order valence-corrected chi connectivity index (χ4v) is 2.55. The molecule has 142 valence electrons. The van der Waals surface area contributed by atoms with Crippen molar-refractivity contribution >= 4 is 17.7 Å². The number of aromatic hydroxyl groups is 1. The Bertz CT molecular complexity index is 1160. The van der Waals surface area contributed by atoms with Crippen LogP contribution in [0.1, 0.15) is 22.8 Å². The van der Waals surface area contributed by atoms with Crippen molar-refractivity contribution in [2.24, 2.45) is 4.99 Å². The van der Waals surface area contributed by atoms with Gasteiger partial charge in [-0.2, -0.15) is 0 Å². The molecule has 0 fully saturated rings. The van der Waals surface area contributed by atoms with Gasteiger partial charge in [0.1, 0.15) is 11.3 Å². The molecular formula is C20H17N3O5. The van der Waals surface area contributed by atoms with E-state index in [0.29, 0.717) is 22.7 Å². The lowest BCUT2D eigenvalue weighted by atomic mass is 10.1. The van der Waals surface area contributed by atoms with Crippen LogP contribution in [0.5, 0.6) is 11.6 Å². The van der Waals surface area contributed by atoms with Crippen LogP contribution >= 0.6 is 0 Å². The number of aliphatic imine (C=N–C) groups is 1. The van der Waals surface area contributed by atoms with Crippen LogP contribution in [0, 0.1) is 0 Å². The van der Waals surface area contributed by atoms with Crippen molar-refractivity contribution in [1.82, 2.24) is 9.55 Å². The first-order valence-corrected chi connectivity index (χ1v) is 8.28. The first-order chi connectivity index (χ1) is 13.4. The quantitative estimate of drug-likeness (QED) is 0.521. The van der Waals surface area contributed by atoms with Gasteiger partial charge in [-0.15, -0.1) is 0 Å². The van der Waals surface area contributed by atoms with Crippen molar-refractivity contribution in [3.05, 3.63) is 80.5 Å². The van der Waals surface area contributed by atoms with Gasteiger partial charge in [0.05, 0.1) is 18.5 Å². The summed E-state index contributed by atoms with van der Waals surface area (Å²) in [6.07, 6.45) is 1.16. The summed E-state index contributed by atoms with van der Waals surface area (Å²) in [5, 5.41) is 10.5. The van der Waals surface area contributed by atoms with Gasteiger partial charge in [-0.3, -0.25) is 19.6 Å². The predicted molar refractivity (Wildman–Crippen MR) is 105 cm³/mol. The number of aromatic nitrogens is 2. The maximum Gasteiger partial charge on any atom is 0.335 e. The summed E-state index contributed by atoms with van der Waals surface area (Å²) in [5.41, 5.74) is -0.364. The molecule has 0 spiro atoms. The monoisotopic (exact) mass is 379 g/mol. The summed E-state index contributed by atoms with van der Waals surface area (Å²) in [4.78, 5) is 41.9. The molecule has 3 rings (SSSR count). The smallest absolute Gasteiger partial charge is 0.335 e. The van der Waals surface area contributed by atoms with E-state index in [1.165, 1.54) is 14.0 Å². The fraction of sp³-hybridized carbons (Fsp3) is 0.100. The highest BCUT2D eigenvalue weighted by Crippen LogP contribution is 2.19. The minimum Gasteiger partial charge on any atom is -0.497 e. The van der Waals surface area contributed by atoms with Crippen molar-refractivity contribution in [3.63, 3.8) is 0 Å². The SMILES string of the molecule is COc1ccc(-n2c(O)c(C=Nc3ccc(C(C)=O)cc3)c(=O)[nH]c2=O)cc1. The van der Waals surface area contributed by atoms with Crippen molar-refractivity contribution in [1.29, 1.82) is 0 Å². The molecule has 1 heterocycles. The number of rotatable bonds is 5. The second-order valence-electron chi connectivity index (χ2n) is 5.89. The standard InChI is InChI=1S/C20H17N3O5/c1-12(24)13-3-5-14(6-4-13)21-11-17-18(25)22-20(27)23(19(17)26)15-7-9-16(28-2)10-8-15/h3-11,26H,1-2H3,(H,22,25,27). The van der Waals surface area contributed by atoms with E-state index in [1.807, 2.05) is 0 Å². The van der Waals surface area contributed by atoms with E-state index in [2.05, 4.69) is 9.98 Å². The Kier molecular flexibility index (Phi) is 5.21. The normalized spacial score (nSPS) is 10.9. The molecule has 28 heavy (non-hydrogen) atoms. The van der Waals surface area contributed by atoms with E-state index >= 15 is 0 Å². The van der Waals surface area contributed by atoms with Gasteiger partial charge < -0.3 is 9.84 Å². The van der Waals surface area contributed by atoms with Gasteiger partial charge in [0.25, 0.3) is 5.56 Å². The highest BCUT2D eigenvalue weighted by atomic mass is 16.5. The third kappa shape index (κ3) is 3.75. The van der Waals surface area contributed by atoms with Gasteiger partial charge in [0.15, 0.2) is 5.78 Å². The van der Waals surface area contributed by atoms with E-state index < -0.39 is 17.1 Å². The van der Waals surface area contributed by atoms with E-state index in [9.17, 15) is 19.5 Å². The zero-order valence-electron chi connectivity index (χ0n) is 15.2. The number of nitrogens with zero attached hydrogens (tertiary/aromatic N) is 2. The van der Waals surface area contributed by atoms with Gasteiger partial charge in [-0.25, -0.2) is 9.36 Å². The van der Waals surface area contributed by atoms with Crippen molar-refractivity contribution in [2.75, 3.05) is 7.11 Å². The Balaban J connectivity index is 2.02. The number of hydrogen-bond donors (Lipinski definition) is 2. The first kappa shape index (κ1) is 18.8. The third-order valence-corrected chi connectivity index (χ3v) is 4.07. The highest BCUT2D eigenvalue weighted by molar-refractivity contribution is 5.94. The Morgan fingerprint density at radius 1 is 1.11 bits per heavy atom. The lowest BCUT2D eigenvalue weighted by Gasteiger charge is -2.10.